The normalized spacial score (nSPS) is 21.5. The molecule has 0 saturated carbocycles. The third-order valence-electron chi connectivity index (χ3n) is 6.65. The quantitative estimate of drug-likeness (QED) is 0.709. The number of piperazine rings is 1. The van der Waals surface area contributed by atoms with Gasteiger partial charge < -0.3 is 19.1 Å². The van der Waals surface area contributed by atoms with E-state index in [-0.39, 0.29) is 5.91 Å². The van der Waals surface area contributed by atoms with Crippen LogP contribution in [0.15, 0.2) is 36.5 Å². The molecule has 3 aliphatic heterocycles. The third-order valence-corrected chi connectivity index (χ3v) is 6.65. The molecular weight excluding hydrogens is 408 g/mol. The number of rotatable bonds is 5. The Balaban J connectivity index is 1.15. The molecule has 0 bridgehead atoms. The van der Waals surface area contributed by atoms with Crippen molar-refractivity contribution in [2.75, 3.05) is 53.2 Å². The first kappa shape index (κ1) is 21.0. The molecule has 4 heterocycles. The molecule has 3 aliphatic rings. The molecular formula is C24H30N4O4. The summed E-state index contributed by atoms with van der Waals surface area (Å²) in [4.78, 5) is 24.3. The standard InChI is InChI=1S/C24H30N4O4/c1-30-23-20(5-2-8-25-23)24(29)28-9-3-4-19(16-28)27-12-10-26(11-13-27)15-18-6-7-21-22(14-18)32-17-31-21/h2,5-8,14,19H,3-4,9-13,15-17H2,1H3/t19-/m0/s1. The van der Waals surface area contributed by atoms with Crippen molar-refractivity contribution in [3.8, 4) is 17.4 Å². The highest BCUT2D eigenvalue weighted by Crippen LogP contribution is 2.33. The van der Waals surface area contributed by atoms with Crippen molar-refractivity contribution < 1.29 is 19.0 Å². The maximum absolute atomic E-state index is 13.1. The molecule has 0 radical (unpaired) electrons. The number of ether oxygens (including phenoxy) is 3. The Kier molecular flexibility index (Phi) is 6.14. The number of aromatic nitrogens is 1. The third kappa shape index (κ3) is 4.38. The van der Waals surface area contributed by atoms with Crippen LogP contribution in [0.4, 0.5) is 0 Å². The molecule has 0 spiro atoms. The lowest BCUT2D eigenvalue weighted by Crippen LogP contribution is -2.55. The van der Waals surface area contributed by atoms with E-state index < -0.39 is 0 Å². The maximum atomic E-state index is 13.1. The number of hydrogen-bond acceptors (Lipinski definition) is 7. The van der Waals surface area contributed by atoms with Crippen LogP contribution in [0.3, 0.4) is 0 Å². The van der Waals surface area contributed by atoms with Crippen LogP contribution < -0.4 is 14.2 Å². The summed E-state index contributed by atoms with van der Waals surface area (Å²) < 4.78 is 16.2. The van der Waals surface area contributed by atoms with Crippen LogP contribution in [0.1, 0.15) is 28.8 Å². The lowest BCUT2D eigenvalue weighted by molar-refractivity contribution is 0.0405. The molecule has 0 unspecified atom stereocenters. The fourth-order valence-electron chi connectivity index (χ4n) is 4.91. The first-order chi connectivity index (χ1) is 15.7. The monoisotopic (exact) mass is 438 g/mol. The van der Waals surface area contributed by atoms with Gasteiger partial charge in [0.05, 0.1) is 7.11 Å². The number of piperidine rings is 1. The predicted octanol–water partition coefficient (Wildman–Crippen LogP) is 2.24. The van der Waals surface area contributed by atoms with Crippen molar-refractivity contribution >= 4 is 5.91 Å². The van der Waals surface area contributed by atoms with Crippen LogP contribution in [-0.2, 0) is 6.54 Å². The SMILES string of the molecule is COc1ncccc1C(=O)N1CCC[C@H](N2CCN(Cc3ccc4c(c3)OCO4)CC2)C1. The van der Waals surface area contributed by atoms with E-state index in [0.717, 1.165) is 70.2 Å². The van der Waals surface area contributed by atoms with Gasteiger partial charge in [-0.3, -0.25) is 14.6 Å². The van der Waals surface area contributed by atoms with Crippen LogP contribution in [0.25, 0.3) is 0 Å². The minimum absolute atomic E-state index is 0.0149. The van der Waals surface area contributed by atoms with Gasteiger partial charge in [0, 0.05) is 58.1 Å². The number of hydrogen-bond donors (Lipinski definition) is 0. The Morgan fingerprint density at radius 2 is 1.97 bits per heavy atom. The van der Waals surface area contributed by atoms with Crippen molar-refractivity contribution in [1.82, 2.24) is 19.7 Å². The minimum atomic E-state index is 0.0149. The van der Waals surface area contributed by atoms with Crippen LogP contribution in [0, 0.1) is 0 Å². The number of benzene rings is 1. The number of methoxy groups -OCH3 is 1. The summed E-state index contributed by atoms with van der Waals surface area (Å²) in [5.41, 5.74) is 1.80. The van der Waals surface area contributed by atoms with Gasteiger partial charge in [0.2, 0.25) is 12.7 Å². The summed E-state index contributed by atoms with van der Waals surface area (Å²) in [6, 6.07) is 10.2. The molecule has 1 aromatic heterocycles. The number of fused-ring (bicyclic) bond motifs is 1. The first-order valence-corrected chi connectivity index (χ1v) is 11.3. The Bertz CT molecular complexity index is 961. The molecule has 8 nitrogen and oxygen atoms in total. The number of pyridine rings is 1. The van der Waals surface area contributed by atoms with Gasteiger partial charge in [-0.1, -0.05) is 6.07 Å². The summed E-state index contributed by atoms with van der Waals surface area (Å²) in [5, 5.41) is 0. The molecule has 2 aromatic rings. The molecule has 0 aliphatic carbocycles. The topological polar surface area (TPSA) is 67.4 Å². The first-order valence-electron chi connectivity index (χ1n) is 11.3. The lowest BCUT2D eigenvalue weighted by Gasteiger charge is -2.43. The molecule has 1 amide bonds. The molecule has 1 atom stereocenters. The Morgan fingerprint density at radius 1 is 1.12 bits per heavy atom. The Labute approximate surface area is 188 Å². The molecule has 32 heavy (non-hydrogen) atoms. The summed E-state index contributed by atoms with van der Waals surface area (Å²) in [5.74, 6) is 2.09. The van der Waals surface area contributed by atoms with Crippen LogP contribution in [0.2, 0.25) is 0 Å². The second-order valence-electron chi connectivity index (χ2n) is 8.61. The van der Waals surface area contributed by atoms with Gasteiger partial charge in [0.1, 0.15) is 5.56 Å². The van der Waals surface area contributed by atoms with Crippen molar-refractivity contribution in [3.05, 3.63) is 47.7 Å². The smallest absolute Gasteiger partial charge is 0.259 e. The van der Waals surface area contributed by atoms with Gasteiger partial charge in [0.15, 0.2) is 11.5 Å². The number of likely N-dealkylation sites (tertiary alicyclic amines) is 1. The number of carbonyl (C=O) groups is 1. The second-order valence-corrected chi connectivity index (χ2v) is 8.61. The highest BCUT2D eigenvalue weighted by atomic mass is 16.7. The van der Waals surface area contributed by atoms with Crippen molar-refractivity contribution in [2.24, 2.45) is 0 Å². The van der Waals surface area contributed by atoms with Crippen molar-refractivity contribution in [1.29, 1.82) is 0 Å². The van der Waals surface area contributed by atoms with Crippen molar-refractivity contribution in [3.63, 3.8) is 0 Å². The number of carbonyl (C=O) groups excluding carboxylic acids is 1. The highest BCUT2D eigenvalue weighted by Gasteiger charge is 2.31. The van der Waals surface area contributed by atoms with E-state index in [1.165, 1.54) is 5.56 Å². The molecule has 2 fully saturated rings. The number of amides is 1. The average molecular weight is 439 g/mol. The summed E-state index contributed by atoms with van der Waals surface area (Å²) in [7, 11) is 1.56. The van der Waals surface area contributed by atoms with Gasteiger partial charge in [-0.05, 0) is 42.7 Å². The average Bonchev–Trinajstić information content (AvgIpc) is 3.32. The van der Waals surface area contributed by atoms with E-state index in [1.54, 1.807) is 25.4 Å². The van der Waals surface area contributed by atoms with Gasteiger partial charge >= 0.3 is 0 Å². The molecule has 0 N–H and O–H groups in total. The maximum Gasteiger partial charge on any atom is 0.259 e. The van der Waals surface area contributed by atoms with E-state index in [4.69, 9.17) is 14.2 Å². The zero-order valence-electron chi connectivity index (χ0n) is 18.5. The van der Waals surface area contributed by atoms with E-state index in [1.807, 2.05) is 11.0 Å². The van der Waals surface area contributed by atoms with Crippen LogP contribution >= 0.6 is 0 Å². The molecule has 8 heteroatoms. The number of nitrogens with zero attached hydrogens (tertiary/aromatic N) is 4. The molecule has 1 aromatic carbocycles. The summed E-state index contributed by atoms with van der Waals surface area (Å²) >= 11 is 0. The Morgan fingerprint density at radius 3 is 2.81 bits per heavy atom. The van der Waals surface area contributed by atoms with Gasteiger partial charge in [-0.2, -0.15) is 0 Å². The summed E-state index contributed by atoms with van der Waals surface area (Å²) in [6.45, 7) is 6.87. The van der Waals surface area contributed by atoms with Gasteiger partial charge in [0.25, 0.3) is 5.91 Å². The van der Waals surface area contributed by atoms with Gasteiger partial charge in [-0.25, -0.2) is 4.98 Å². The lowest BCUT2D eigenvalue weighted by atomic mass is 10.0. The van der Waals surface area contributed by atoms with E-state index in [2.05, 4.69) is 26.9 Å². The summed E-state index contributed by atoms with van der Waals surface area (Å²) in [6.07, 6.45) is 3.81. The molecule has 170 valence electrons. The van der Waals surface area contributed by atoms with E-state index >= 15 is 0 Å². The van der Waals surface area contributed by atoms with Gasteiger partial charge in [-0.15, -0.1) is 0 Å². The Hall–Kier alpha value is -2.84. The van der Waals surface area contributed by atoms with Crippen LogP contribution in [-0.4, -0.2) is 84.8 Å². The minimum Gasteiger partial charge on any atom is -0.480 e. The zero-order chi connectivity index (χ0) is 21.9. The fraction of sp³-hybridized carbons (Fsp3) is 0.500. The fourth-order valence-corrected chi connectivity index (χ4v) is 4.91. The van der Waals surface area contributed by atoms with E-state index in [0.29, 0.717) is 24.3 Å². The predicted molar refractivity (Wildman–Crippen MR) is 119 cm³/mol. The highest BCUT2D eigenvalue weighted by molar-refractivity contribution is 5.96. The van der Waals surface area contributed by atoms with Crippen LogP contribution in [0.5, 0.6) is 17.4 Å². The second kappa shape index (κ2) is 9.34. The largest absolute Gasteiger partial charge is 0.480 e. The van der Waals surface area contributed by atoms with Crippen molar-refractivity contribution in [2.45, 2.75) is 25.4 Å². The molecule has 5 rings (SSSR count). The molecule has 2 saturated heterocycles. The van der Waals surface area contributed by atoms with E-state index in [9.17, 15) is 4.79 Å². The zero-order valence-corrected chi connectivity index (χ0v) is 18.5.